The lowest BCUT2D eigenvalue weighted by molar-refractivity contribution is 0.317. The summed E-state index contributed by atoms with van der Waals surface area (Å²) >= 11 is 1.66. The molecule has 24 heavy (non-hydrogen) atoms. The van der Waals surface area contributed by atoms with Crippen LogP contribution in [-0.2, 0) is 12.0 Å². The molecule has 0 saturated carbocycles. The van der Waals surface area contributed by atoms with Crippen molar-refractivity contribution in [2.75, 3.05) is 5.75 Å². The normalized spacial score (nSPS) is 26.1. The van der Waals surface area contributed by atoms with E-state index in [2.05, 4.69) is 30.1 Å². The van der Waals surface area contributed by atoms with Gasteiger partial charge in [-0.2, -0.15) is 0 Å². The number of fused-ring (bicyclic) bond motifs is 3. The van der Waals surface area contributed by atoms with Gasteiger partial charge in [0.1, 0.15) is 5.82 Å². The zero-order valence-electron chi connectivity index (χ0n) is 13.6. The molecule has 2 unspecified atom stereocenters. The molecule has 1 aliphatic heterocycles. The van der Waals surface area contributed by atoms with Crippen LogP contribution >= 0.6 is 11.8 Å². The van der Waals surface area contributed by atoms with E-state index >= 15 is 0 Å². The molecule has 1 aromatic heterocycles. The van der Waals surface area contributed by atoms with Gasteiger partial charge in [-0.1, -0.05) is 23.9 Å². The summed E-state index contributed by atoms with van der Waals surface area (Å²) in [4.78, 5) is 8.83. The summed E-state index contributed by atoms with van der Waals surface area (Å²) in [5.74, 6) is 1.18. The first-order valence-corrected chi connectivity index (χ1v) is 9.27. The molecule has 3 nitrogen and oxygen atoms in total. The molecule has 124 valence electrons. The molecule has 0 amide bonds. The molecule has 0 fully saturated rings. The van der Waals surface area contributed by atoms with Crippen LogP contribution in [0.2, 0.25) is 0 Å². The van der Waals surface area contributed by atoms with E-state index in [-0.39, 0.29) is 11.4 Å². The maximum absolute atomic E-state index is 13.5. The van der Waals surface area contributed by atoms with Gasteiger partial charge in [0, 0.05) is 17.5 Å². The molecule has 2 heterocycles. The predicted molar refractivity (Wildman–Crippen MR) is 97.5 cm³/mol. The second kappa shape index (κ2) is 5.88. The van der Waals surface area contributed by atoms with Gasteiger partial charge in [-0.05, 0) is 60.9 Å². The topological polar surface area (TPSA) is 51.3 Å². The summed E-state index contributed by atoms with van der Waals surface area (Å²) in [6, 6.07) is 7.91. The number of aromatic nitrogens is 1. The molecule has 0 radical (unpaired) electrons. The maximum atomic E-state index is 13.5. The number of hydrogen-bond donors (Lipinski definition) is 1. The molecular formula is C19H20FN3S. The van der Waals surface area contributed by atoms with Crippen molar-refractivity contribution in [1.29, 1.82) is 0 Å². The Hall–Kier alpha value is -1.88. The predicted octanol–water partition coefficient (Wildman–Crippen LogP) is 4.12. The number of nitrogens with two attached hydrogens (primary N) is 1. The van der Waals surface area contributed by atoms with Crippen LogP contribution in [0.15, 0.2) is 41.7 Å². The van der Waals surface area contributed by atoms with E-state index in [0.717, 1.165) is 29.7 Å². The SMILES string of the molecule is CC12N=C(N)SCC1CCCc1ccc(-c3cncc(F)c3)cc12. The van der Waals surface area contributed by atoms with Crippen LogP contribution in [-0.4, -0.2) is 15.9 Å². The van der Waals surface area contributed by atoms with Crippen LogP contribution in [0.25, 0.3) is 11.1 Å². The molecule has 2 aliphatic rings. The highest BCUT2D eigenvalue weighted by molar-refractivity contribution is 8.13. The van der Waals surface area contributed by atoms with Crippen molar-refractivity contribution in [3.05, 3.63) is 53.6 Å². The van der Waals surface area contributed by atoms with Crippen molar-refractivity contribution in [2.45, 2.75) is 31.7 Å². The van der Waals surface area contributed by atoms with Crippen molar-refractivity contribution in [3.8, 4) is 11.1 Å². The molecule has 4 rings (SSSR count). The zero-order chi connectivity index (χ0) is 16.7. The van der Waals surface area contributed by atoms with Gasteiger partial charge in [-0.25, -0.2) is 4.39 Å². The van der Waals surface area contributed by atoms with Crippen LogP contribution in [0, 0.1) is 11.7 Å². The van der Waals surface area contributed by atoms with Crippen molar-refractivity contribution in [1.82, 2.24) is 4.98 Å². The number of nitrogens with zero attached hydrogens (tertiary/aromatic N) is 2. The summed E-state index contributed by atoms with van der Waals surface area (Å²) < 4.78 is 13.5. The highest BCUT2D eigenvalue weighted by Crippen LogP contribution is 2.46. The standard InChI is InChI=1S/C19H20FN3S/c1-19-15(11-24-18(21)23-19)4-2-3-12-5-6-13(8-17(12)19)14-7-16(20)10-22-9-14/h5-10,15H,2-4,11H2,1H3,(H2,21,23). The van der Waals surface area contributed by atoms with Crippen LogP contribution in [0.5, 0.6) is 0 Å². The minimum atomic E-state index is -0.317. The Morgan fingerprint density at radius 2 is 2.12 bits per heavy atom. The Labute approximate surface area is 145 Å². The van der Waals surface area contributed by atoms with Crippen LogP contribution in [0.4, 0.5) is 4.39 Å². The fourth-order valence-corrected chi connectivity index (χ4v) is 5.02. The number of halogens is 1. The van der Waals surface area contributed by atoms with Crippen molar-refractivity contribution in [3.63, 3.8) is 0 Å². The van der Waals surface area contributed by atoms with E-state index < -0.39 is 0 Å². The average molecular weight is 341 g/mol. The van der Waals surface area contributed by atoms with E-state index in [4.69, 9.17) is 10.7 Å². The number of benzene rings is 1. The van der Waals surface area contributed by atoms with Gasteiger partial charge in [0.2, 0.25) is 0 Å². The molecule has 2 N–H and O–H groups in total. The minimum absolute atomic E-state index is 0.294. The molecule has 0 saturated heterocycles. The fourth-order valence-electron chi connectivity index (χ4n) is 3.90. The molecule has 0 spiro atoms. The number of rotatable bonds is 1. The van der Waals surface area contributed by atoms with E-state index in [0.29, 0.717) is 11.1 Å². The second-order valence-electron chi connectivity index (χ2n) is 6.76. The van der Waals surface area contributed by atoms with Gasteiger partial charge in [0.05, 0.1) is 11.7 Å². The lowest BCUT2D eigenvalue weighted by Gasteiger charge is -2.37. The third-order valence-electron chi connectivity index (χ3n) is 5.26. The van der Waals surface area contributed by atoms with Gasteiger partial charge in [-0.3, -0.25) is 9.98 Å². The second-order valence-corrected chi connectivity index (χ2v) is 7.80. The first-order chi connectivity index (χ1) is 11.6. The van der Waals surface area contributed by atoms with Gasteiger partial charge in [0.25, 0.3) is 0 Å². The Bertz CT molecular complexity index is 820. The van der Waals surface area contributed by atoms with Gasteiger partial charge in [-0.15, -0.1) is 0 Å². The number of thioether (sulfide) groups is 1. The van der Waals surface area contributed by atoms with Crippen LogP contribution in [0.1, 0.15) is 30.9 Å². The maximum Gasteiger partial charge on any atom is 0.154 e. The van der Waals surface area contributed by atoms with E-state index in [1.54, 1.807) is 18.0 Å². The average Bonchev–Trinajstić information content (AvgIpc) is 2.70. The molecular weight excluding hydrogens is 321 g/mol. The number of aliphatic imine (C=N–C) groups is 1. The van der Waals surface area contributed by atoms with E-state index in [9.17, 15) is 4.39 Å². The van der Waals surface area contributed by atoms with E-state index in [1.807, 2.05) is 0 Å². The third kappa shape index (κ3) is 2.61. The van der Waals surface area contributed by atoms with Gasteiger partial charge < -0.3 is 5.73 Å². The quantitative estimate of drug-likeness (QED) is 0.849. The summed E-state index contributed by atoms with van der Waals surface area (Å²) in [6.07, 6.45) is 6.32. The first-order valence-electron chi connectivity index (χ1n) is 8.29. The third-order valence-corrected chi connectivity index (χ3v) is 6.22. The van der Waals surface area contributed by atoms with Crippen molar-refractivity contribution < 1.29 is 4.39 Å². The Kier molecular flexibility index (Phi) is 3.83. The number of aryl methyl sites for hydroxylation is 1. The zero-order valence-corrected chi connectivity index (χ0v) is 14.4. The minimum Gasteiger partial charge on any atom is -0.379 e. The highest BCUT2D eigenvalue weighted by atomic mass is 32.2. The highest BCUT2D eigenvalue weighted by Gasteiger charge is 2.41. The Balaban J connectivity index is 1.88. The lowest BCUT2D eigenvalue weighted by atomic mass is 9.78. The number of pyridine rings is 1. The van der Waals surface area contributed by atoms with Gasteiger partial charge in [0.15, 0.2) is 5.17 Å². The summed E-state index contributed by atoms with van der Waals surface area (Å²) in [5, 5.41) is 0.666. The summed E-state index contributed by atoms with van der Waals surface area (Å²) in [7, 11) is 0. The Morgan fingerprint density at radius 3 is 2.96 bits per heavy atom. The van der Waals surface area contributed by atoms with Crippen molar-refractivity contribution >= 4 is 16.9 Å². The van der Waals surface area contributed by atoms with Crippen LogP contribution < -0.4 is 5.73 Å². The monoisotopic (exact) mass is 341 g/mol. The first kappa shape index (κ1) is 15.6. The summed E-state index contributed by atoms with van der Waals surface area (Å²) in [5.41, 5.74) is 10.1. The Morgan fingerprint density at radius 1 is 1.25 bits per heavy atom. The number of hydrogen-bond acceptors (Lipinski definition) is 4. The lowest BCUT2D eigenvalue weighted by Crippen LogP contribution is -2.37. The van der Waals surface area contributed by atoms with Crippen LogP contribution in [0.3, 0.4) is 0 Å². The number of amidine groups is 1. The molecule has 1 aliphatic carbocycles. The largest absolute Gasteiger partial charge is 0.379 e. The fraction of sp³-hybridized carbons (Fsp3) is 0.368. The van der Waals surface area contributed by atoms with Crippen molar-refractivity contribution in [2.24, 2.45) is 16.6 Å². The molecule has 5 heteroatoms. The smallest absolute Gasteiger partial charge is 0.154 e. The van der Waals surface area contributed by atoms with Gasteiger partial charge >= 0.3 is 0 Å². The molecule has 1 aromatic carbocycles. The van der Waals surface area contributed by atoms with E-state index in [1.165, 1.54) is 29.8 Å². The summed E-state index contributed by atoms with van der Waals surface area (Å²) in [6.45, 7) is 2.20. The molecule has 0 bridgehead atoms. The molecule has 2 aromatic rings. The molecule has 2 atom stereocenters.